The Kier molecular flexibility index (Phi) is 4.14. The van der Waals surface area contributed by atoms with E-state index in [1.54, 1.807) is 49.4 Å². The minimum absolute atomic E-state index is 0.104. The van der Waals surface area contributed by atoms with Crippen LogP contribution in [0.1, 0.15) is 17.3 Å². The number of carbonyl (C=O) groups is 1. The van der Waals surface area contributed by atoms with Crippen molar-refractivity contribution in [1.82, 2.24) is 10.1 Å². The maximum Gasteiger partial charge on any atom is 0.338 e. The van der Waals surface area contributed by atoms with E-state index in [9.17, 15) is 9.18 Å². The summed E-state index contributed by atoms with van der Waals surface area (Å²) in [6.45, 7) is 2.06. The largest absolute Gasteiger partial charge is 0.462 e. The number of halogens is 1. The molecule has 0 amide bonds. The number of hydrogen-bond donors (Lipinski definition) is 0. The predicted octanol–water partition coefficient (Wildman–Crippen LogP) is 3.72. The van der Waals surface area contributed by atoms with E-state index in [1.807, 2.05) is 0 Å². The Morgan fingerprint density at radius 1 is 1.17 bits per heavy atom. The van der Waals surface area contributed by atoms with Gasteiger partial charge in [-0.2, -0.15) is 4.98 Å². The molecule has 0 aliphatic heterocycles. The molecule has 2 aromatic carbocycles. The van der Waals surface area contributed by atoms with Crippen molar-refractivity contribution in [3.8, 4) is 22.8 Å². The topological polar surface area (TPSA) is 65.2 Å². The van der Waals surface area contributed by atoms with Crippen molar-refractivity contribution >= 4 is 5.97 Å². The SMILES string of the molecule is CCOC(=O)c1ccc(-c2noc(-c3ccccc3F)n2)cc1. The van der Waals surface area contributed by atoms with Gasteiger partial charge in [0.1, 0.15) is 5.82 Å². The van der Waals surface area contributed by atoms with Gasteiger partial charge in [0.2, 0.25) is 5.82 Å². The standard InChI is InChI=1S/C17H13FN2O3/c1-2-22-17(21)12-9-7-11(8-10-12)15-19-16(23-20-15)13-5-3-4-6-14(13)18/h3-10H,2H2,1H3. The summed E-state index contributed by atoms with van der Waals surface area (Å²) >= 11 is 0. The molecule has 0 aliphatic carbocycles. The second kappa shape index (κ2) is 6.39. The van der Waals surface area contributed by atoms with E-state index in [0.717, 1.165) is 0 Å². The first-order valence-corrected chi connectivity index (χ1v) is 7.05. The summed E-state index contributed by atoms with van der Waals surface area (Å²) in [6.07, 6.45) is 0. The van der Waals surface area contributed by atoms with Crippen molar-refractivity contribution in [2.45, 2.75) is 6.92 Å². The first kappa shape index (κ1) is 14.9. The van der Waals surface area contributed by atoms with Crippen LogP contribution < -0.4 is 0 Å². The quantitative estimate of drug-likeness (QED) is 0.687. The minimum atomic E-state index is -0.430. The number of aromatic nitrogens is 2. The van der Waals surface area contributed by atoms with Crippen LogP contribution >= 0.6 is 0 Å². The van der Waals surface area contributed by atoms with Crippen molar-refractivity contribution in [2.75, 3.05) is 6.61 Å². The number of hydrogen-bond acceptors (Lipinski definition) is 5. The highest BCUT2D eigenvalue weighted by molar-refractivity contribution is 5.89. The maximum absolute atomic E-state index is 13.7. The molecular weight excluding hydrogens is 299 g/mol. The summed E-state index contributed by atoms with van der Waals surface area (Å²) in [6, 6.07) is 12.8. The number of esters is 1. The van der Waals surface area contributed by atoms with Crippen LogP contribution in [0.15, 0.2) is 53.1 Å². The average molecular weight is 312 g/mol. The van der Waals surface area contributed by atoms with Crippen LogP contribution in [0, 0.1) is 5.82 Å². The van der Waals surface area contributed by atoms with E-state index in [1.165, 1.54) is 6.07 Å². The molecule has 1 aromatic heterocycles. The lowest BCUT2D eigenvalue weighted by molar-refractivity contribution is 0.0526. The first-order valence-electron chi connectivity index (χ1n) is 7.05. The molecule has 0 saturated heterocycles. The fourth-order valence-corrected chi connectivity index (χ4v) is 2.05. The number of nitrogens with zero attached hydrogens (tertiary/aromatic N) is 2. The molecule has 3 rings (SSSR count). The number of carbonyl (C=O) groups excluding carboxylic acids is 1. The summed E-state index contributed by atoms with van der Waals surface area (Å²) in [5, 5.41) is 3.85. The van der Waals surface area contributed by atoms with E-state index in [0.29, 0.717) is 23.6 Å². The van der Waals surface area contributed by atoms with E-state index in [2.05, 4.69) is 10.1 Å². The first-order chi connectivity index (χ1) is 11.2. The Bertz CT molecular complexity index is 828. The lowest BCUT2D eigenvalue weighted by Crippen LogP contribution is -2.04. The third-order valence-electron chi connectivity index (χ3n) is 3.18. The zero-order chi connectivity index (χ0) is 16.2. The highest BCUT2D eigenvalue weighted by Crippen LogP contribution is 2.24. The maximum atomic E-state index is 13.7. The molecule has 0 saturated carbocycles. The Morgan fingerprint density at radius 2 is 1.91 bits per heavy atom. The molecule has 0 aliphatic rings. The molecule has 0 spiro atoms. The third kappa shape index (κ3) is 3.11. The van der Waals surface area contributed by atoms with Crippen LogP contribution in [0.2, 0.25) is 0 Å². The van der Waals surface area contributed by atoms with Gasteiger partial charge >= 0.3 is 5.97 Å². The molecule has 3 aromatic rings. The summed E-state index contributed by atoms with van der Waals surface area (Å²) < 4.78 is 23.7. The average Bonchev–Trinajstić information content (AvgIpc) is 3.05. The van der Waals surface area contributed by atoms with Gasteiger partial charge in [-0.1, -0.05) is 29.4 Å². The van der Waals surface area contributed by atoms with Crippen molar-refractivity contribution in [1.29, 1.82) is 0 Å². The van der Waals surface area contributed by atoms with Crippen LogP contribution in [0.5, 0.6) is 0 Å². The monoisotopic (exact) mass is 312 g/mol. The summed E-state index contributed by atoms with van der Waals surface area (Å²) in [4.78, 5) is 15.8. The molecular formula is C17H13FN2O3. The third-order valence-corrected chi connectivity index (χ3v) is 3.18. The van der Waals surface area contributed by atoms with E-state index in [4.69, 9.17) is 9.26 Å². The lowest BCUT2D eigenvalue weighted by Gasteiger charge is -2.01. The van der Waals surface area contributed by atoms with Gasteiger partial charge in [-0.15, -0.1) is 0 Å². The van der Waals surface area contributed by atoms with Crippen LogP contribution in [0.4, 0.5) is 4.39 Å². The zero-order valence-electron chi connectivity index (χ0n) is 12.3. The van der Waals surface area contributed by atoms with Crippen LogP contribution in [-0.4, -0.2) is 22.7 Å². The second-order valence-electron chi connectivity index (χ2n) is 4.70. The van der Waals surface area contributed by atoms with Gasteiger partial charge in [0.25, 0.3) is 5.89 Å². The summed E-state index contributed by atoms with van der Waals surface area (Å²) in [7, 11) is 0. The molecule has 116 valence electrons. The van der Waals surface area contributed by atoms with Crippen LogP contribution in [0.3, 0.4) is 0 Å². The molecule has 23 heavy (non-hydrogen) atoms. The predicted molar refractivity (Wildman–Crippen MR) is 81.1 cm³/mol. The lowest BCUT2D eigenvalue weighted by atomic mass is 10.1. The Balaban J connectivity index is 1.86. The Hall–Kier alpha value is -3.02. The molecule has 0 radical (unpaired) electrons. The molecule has 0 bridgehead atoms. The Morgan fingerprint density at radius 3 is 2.61 bits per heavy atom. The van der Waals surface area contributed by atoms with Crippen molar-refractivity contribution in [2.24, 2.45) is 0 Å². The Labute approximate surface area is 131 Å². The van der Waals surface area contributed by atoms with Gasteiger partial charge in [-0.05, 0) is 31.2 Å². The molecule has 1 heterocycles. The highest BCUT2D eigenvalue weighted by Gasteiger charge is 2.14. The summed E-state index contributed by atoms with van der Waals surface area (Å²) in [5.74, 6) is -0.397. The number of ether oxygens (including phenoxy) is 1. The fourth-order valence-electron chi connectivity index (χ4n) is 2.05. The number of benzene rings is 2. The van der Waals surface area contributed by atoms with Gasteiger partial charge < -0.3 is 9.26 Å². The highest BCUT2D eigenvalue weighted by atomic mass is 19.1. The van der Waals surface area contributed by atoms with Crippen LogP contribution in [-0.2, 0) is 4.74 Å². The summed E-state index contributed by atoms with van der Waals surface area (Å²) in [5.41, 5.74) is 1.34. The molecule has 0 atom stereocenters. The van der Waals surface area contributed by atoms with Gasteiger partial charge in [-0.3, -0.25) is 0 Å². The van der Waals surface area contributed by atoms with Crippen molar-refractivity contribution < 1.29 is 18.4 Å². The smallest absolute Gasteiger partial charge is 0.338 e. The van der Waals surface area contributed by atoms with E-state index < -0.39 is 5.82 Å². The van der Waals surface area contributed by atoms with Crippen molar-refractivity contribution in [3.05, 3.63) is 59.9 Å². The zero-order valence-corrected chi connectivity index (χ0v) is 12.3. The van der Waals surface area contributed by atoms with Gasteiger partial charge in [0.15, 0.2) is 0 Å². The molecule has 0 N–H and O–H groups in total. The molecule has 0 fully saturated rings. The number of rotatable bonds is 4. The minimum Gasteiger partial charge on any atom is -0.462 e. The molecule has 0 unspecified atom stereocenters. The molecule has 5 nitrogen and oxygen atoms in total. The van der Waals surface area contributed by atoms with Gasteiger partial charge in [-0.25, -0.2) is 9.18 Å². The van der Waals surface area contributed by atoms with Gasteiger partial charge in [0, 0.05) is 5.56 Å². The van der Waals surface area contributed by atoms with Gasteiger partial charge in [0.05, 0.1) is 17.7 Å². The normalized spacial score (nSPS) is 10.5. The fraction of sp³-hybridized carbons (Fsp3) is 0.118. The van der Waals surface area contributed by atoms with E-state index >= 15 is 0 Å². The van der Waals surface area contributed by atoms with E-state index in [-0.39, 0.29) is 17.4 Å². The molecule has 6 heteroatoms. The van der Waals surface area contributed by atoms with Crippen molar-refractivity contribution in [3.63, 3.8) is 0 Å². The van der Waals surface area contributed by atoms with Crippen LogP contribution in [0.25, 0.3) is 22.8 Å². The second-order valence-corrected chi connectivity index (χ2v) is 4.70.